The minimum absolute atomic E-state index is 0.433. The molecule has 0 aliphatic rings. The number of rotatable bonds is 5. The molecule has 0 radical (unpaired) electrons. The van der Waals surface area contributed by atoms with Gasteiger partial charge in [-0.25, -0.2) is 0 Å². The molecular weight excluding hydrogens is 280 g/mol. The Morgan fingerprint density at radius 2 is 2.05 bits per heavy atom. The Hall–Kier alpha value is -0.970. The third-order valence-corrected chi connectivity index (χ3v) is 4.52. The van der Waals surface area contributed by atoms with E-state index < -0.39 is 6.10 Å². The molecule has 0 saturated heterocycles. The SMILES string of the molecule is Cc1nn(C)c(CC(O)CSc2ccccc2)c1Cl. The van der Waals surface area contributed by atoms with Gasteiger partial charge in [-0.05, 0) is 19.1 Å². The summed E-state index contributed by atoms with van der Waals surface area (Å²) in [5.41, 5.74) is 1.70. The first-order valence-corrected chi connectivity index (χ1v) is 7.48. The maximum Gasteiger partial charge on any atom is 0.0847 e. The maximum atomic E-state index is 10.1. The third-order valence-electron chi connectivity index (χ3n) is 2.88. The Morgan fingerprint density at radius 3 is 2.63 bits per heavy atom. The van der Waals surface area contributed by atoms with Gasteiger partial charge < -0.3 is 5.11 Å². The molecule has 2 rings (SSSR count). The minimum Gasteiger partial charge on any atom is -0.392 e. The molecule has 102 valence electrons. The van der Waals surface area contributed by atoms with E-state index in [4.69, 9.17) is 11.6 Å². The topological polar surface area (TPSA) is 38.0 Å². The van der Waals surface area contributed by atoms with Crippen molar-refractivity contribution in [3.8, 4) is 0 Å². The van der Waals surface area contributed by atoms with Gasteiger partial charge in [0.05, 0.1) is 22.5 Å². The Labute approximate surface area is 122 Å². The maximum absolute atomic E-state index is 10.1. The average molecular weight is 297 g/mol. The first-order chi connectivity index (χ1) is 9.08. The van der Waals surface area contributed by atoms with Gasteiger partial charge in [0, 0.05) is 24.1 Å². The molecule has 0 bridgehead atoms. The lowest BCUT2D eigenvalue weighted by Gasteiger charge is -2.11. The molecular formula is C14H17ClN2OS. The Kier molecular flexibility index (Phi) is 4.91. The first kappa shape index (κ1) is 14.4. The fraction of sp³-hybridized carbons (Fsp3) is 0.357. The van der Waals surface area contributed by atoms with Gasteiger partial charge in [0.2, 0.25) is 0 Å². The lowest BCUT2D eigenvalue weighted by Crippen LogP contribution is -2.16. The van der Waals surface area contributed by atoms with E-state index in [0.29, 0.717) is 17.2 Å². The zero-order valence-corrected chi connectivity index (χ0v) is 12.6. The highest BCUT2D eigenvalue weighted by molar-refractivity contribution is 7.99. The average Bonchev–Trinajstić information content (AvgIpc) is 2.64. The number of benzene rings is 1. The van der Waals surface area contributed by atoms with Crippen molar-refractivity contribution in [2.75, 3.05) is 5.75 Å². The predicted octanol–water partition coefficient (Wildman–Crippen LogP) is 3.08. The Bertz CT molecular complexity index is 542. The summed E-state index contributed by atoms with van der Waals surface area (Å²) in [5, 5.41) is 15.0. The van der Waals surface area contributed by atoms with Crippen molar-refractivity contribution < 1.29 is 5.11 Å². The summed E-state index contributed by atoms with van der Waals surface area (Å²) in [6, 6.07) is 10.1. The fourth-order valence-corrected chi connectivity index (χ4v) is 2.98. The molecule has 0 amide bonds. The van der Waals surface area contributed by atoms with E-state index in [2.05, 4.69) is 5.10 Å². The molecule has 1 aromatic heterocycles. The van der Waals surface area contributed by atoms with Crippen LogP contribution in [0.5, 0.6) is 0 Å². The summed E-state index contributed by atoms with van der Waals surface area (Å²) in [5.74, 6) is 0.643. The molecule has 1 heterocycles. The number of hydrogen-bond acceptors (Lipinski definition) is 3. The van der Waals surface area contributed by atoms with Crippen LogP contribution in [0.1, 0.15) is 11.4 Å². The molecule has 3 nitrogen and oxygen atoms in total. The summed E-state index contributed by atoms with van der Waals surface area (Å²) in [4.78, 5) is 1.16. The van der Waals surface area contributed by atoms with Crippen LogP contribution in [0.4, 0.5) is 0 Å². The highest BCUT2D eigenvalue weighted by Gasteiger charge is 2.15. The number of aryl methyl sites for hydroxylation is 2. The zero-order valence-electron chi connectivity index (χ0n) is 11.0. The summed E-state index contributed by atoms with van der Waals surface area (Å²) in [6.07, 6.45) is 0.0910. The number of aliphatic hydroxyl groups excluding tert-OH is 1. The number of halogens is 1. The second-order valence-corrected chi connectivity index (χ2v) is 5.92. The van der Waals surface area contributed by atoms with Crippen molar-refractivity contribution in [3.05, 3.63) is 46.7 Å². The highest BCUT2D eigenvalue weighted by atomic mass is 35.5. The smallest absolute Gasteiger partial charge is 0.0847 e. The van der Waals surface area contributed by atoms with Gasteiger partial charge in [-0.2, -0.15) is 5.10 Å². The molecule has 1 N–H and O–H groups in total. The summed E-state index contributed by atoms with van der Waals surface area (Å²) < 4.78 is 1.74. The van der Waals surface area contributed by atoms with Crippen LogP contribution in [0.15, 0.2) is 35.2 Å². The molecule has 0 fully saturated rings. The largest absolute Gasteiger partial charge is 0.392 e. The van der Waals surface area contributed by atoms with Crippen LogP contribution >= 0.6 is 23.4 Å². The van der Waals surface area contributed by atoms with Gasteiger partial charge in [-0.3, -0.25) is 4.68 Å². The summed E-state index contributed by atoms with van der Waals surface area (Å²) in [7, 11) is 1.85. The van der Waals surface area contributed by atoms with Crippen molar-refractivity contribution in [3.63, 3.8) is 0 Å². The van der Waals surface area contributed by atoms with Crippen LogP contribution in [0.3, 0.4) is 0 Å². The van der Waals surface area contributed by atoms with Crippen LogP contribution in [-0.2, 0) is 13.5 Å². The van der Waals surface area contributed by atoms with E-state index in [1.165, 1.54) is 0 Å². The van der Waals surface area contributed by atoms with Crippen molar-refractivity contribution in [1.82, 2.24) is 9.78 Å². The number of hydrogen-bond donors (Lipinski definition) is 1. The summed E-state index contributed by atoms with van der Waals surface area (Å²) >= 11 is 7.82. The third kappa shape index (κ3) is 3.75. The van der Waals surface area contributed by atoms with Crippen molar-refractivity contribution in [2.45, 2.75) is 24.3 Å². The number of aliphatic hydroxyl groups is 1. The zero-order chi connectivity index (χ0) is 13.8. The van der Waals surface area contributed by atoms with Gasteiger partial charge in [0.25, 0.3) is 0 Å². The minimum atomic E-state index is -0.433. The Morgan fingerprint density at radius 1 is 1.37 bits per heavy atom. The standard InChI is InChI=1S/C14H17ClN2OS/c1-10-14(15)13(17(2)16-10)8-11(18)9-19-12-6-4-3-5-7-12/h3-7,11,18H,8-9H2,1-2H3. The lowest BCUT2D eigenvalue weighted by atomic mass is 10.2. The molecule has 2 aromatic rings. The second kappa shape index (κ2) is 6.46. The molecule has 1 aromatic carbocycles. The Balaban J connectivity index is 1.92. The van der Waals surface area contributed by atoms with Gasteiger partial charge in [0.15, 0.2) is 0 Å². The van der Waals surface area contributed by atoms with Crippen LogP contribution < -0.4 is 0 Å². The highest BCUT2D eigenvalue weighted by Crippen LogP contribution is 2.23. The van der Waals surface area contributed by atoms with E-state index >= 15 is 0 Å². The van der Waals surface area contributed by atoms with Crippen LogP contribution in [0, 0.1) is 6.92 Å². The van der Waals surface area contributed by atoms with E-state index in [1.54, 1.807) is 16.4 Å². The quantitative estimate of drug-likeness (QED) is 0.862. The first-order valence-electron chi connectivity index (χ1n) is 6.12. The molecule has 0 aliphatic carbocycles. The van der Waals surface area contributed by atoms with Crippen LogP contribution in [-0.4, -0.2) is 26.7 Å². The van der Waals surface area contributed by atoms with E-state index in [9.17, 15) is 5.11 Å². The molecule has 0 aliphatic heterocycles. The van der Waals surface area contributed by atoms with Gasteiger partial charge in [-0.15, -0.1) is 11.8 Å². The molecule has 1 unspecified atom stereocenters. The van der Waals surface area contributed by atoms with Gasteiger partial charge >= 0.3 is 0 Å². The van der Waals surface area contributed by atoms with Crippen molar-refractivity contribution in [2.24, 2.45) is 7.05 Å². The van der Waals surface area contributed by atoms with Crippen molar-refractivity contribution in [1.29, 1.82) is 0 Å². The molecule has 1 atom stereocenters. The van der Waals surface area contributed by atoms with E-state index in [-0.39, 0.29) is 0 Å². The normalized spacial score (nSPS) is 12.6. The van der Waals surface area contributed by atoms with E-state index in [1.807, 2.05) is 44.3 Å². The second-order valence-electron chi connectivity index (χ2n) is 4.45. The predicted molar refractivity (Wildman–Crippen MR) is 79.8 cm³/mol. The van der Waals surface area contributed by atoms with Gasteiger partial charge in [0.1, 0.15) is 0 Å². The lowest BCUT2D eigenvalue weighted by molar-refractivity contribution is 0.197. The molecule has 0 saturated carbocycles. The van der Waals surface area contributed by atoms with Crippen LogP contribution in [0.25, 0.3) is 0 Å². The fourth-order valence-electron chi connectivity index (χ4n) is 1.89. The number of aromatic nitrogens is 2. The number of thioether (sulfide) groups is 1. The van der Waals surface area contributed by atoms with Crippen LogP contribution in [0.2, 0.25) is 5.02 Å². The number of nitrogens with zero attached hydrogens (tertiary/aromatic N) is 2. The van der Waals surface area contributed by atoms with Gasteiger partial charge in [-0.1, -0.05) is 29.8 Å². The molecule has 0 spiro atoms. The summed E-state index contributed by atoms with van der Waals surface area (Å²) in [6.45, 7) is 1.87. The monoisotopic (exact) mass is 296 g/mol. The van der Waals surface area contributed by atoms with E-state index in [0.717, 1.165) is 16.3 Å². The van der Waals surface area contributed by atoms with Crippen molar-refractivity contribution >= 4 is 23.4 Å². The molecule has 5 heteroatoms. The molecule has 19 heavy (non-hydrogen) atoms.